The number of phenolic OH excluding ortho intramolecular Hbond substituents is 2. The first-order chi connectivity index (χ1) is 22.3. The third kappa shape index (κ3) is 11.4. The third-order valence-electron chi connectivity index (χ3n) is 8.15. The van der Waals surface area contributed by atoms with Crippen LogP contribution < -0.4 is 5.32 Å². The van der Waals surface area contributed by atoms with Gasteiger partial charge in [0.15, 0.2) is 17.8 Å². The lowest BCUT2D eigenvalue weighted by molar-refractivity contribution is -0.134. The number of nitrogens with one attached hydrogen (secondary N) is 1. The maximum Gasteiger partial charge on any atom is 0.408 e. The van der Waals surface area contributed by atoms with Crippen LogP contribution in [0, 0.1) is 12.8 Å². The van der Waals surface area contributed by atoms with E-state index in [2.05, 4.69) is 5.32 Å². The Labute approximate surface area is 277 Å². The van der Waals surface area contributed by atoms with Crippen molar-refractivity contribution in [2.24, 2.45) is 5.92 Å². The van der Waals surface area contributed by atoms with Gasteiger partial charge in [-0.1, -0.05) is 19.3 Å². The number of ether oxygens (including phenoxy) is 1. The molecule has 0 heterocycles. The number of rotatable bonds is 11. The quantitative estimate of drug-likeness (QED) is 0.167. The summed E-state index contributed by atoms with van der Waals surface area (Å²) in [4.78, 5) is 70.7. The number of aldehydes is 1. The maximum atomic E-state index is 13.5. The van der Waals surface area contributed by atoms with Gasteiger partial charge < -0.3 is 39.7 Å². The van der Waals surface area contributed by atoms with Gasteiger partial charge in [0.2, 0.25) is 5.91 Å². The van der Waals surface area contributed by atoms with Gasteiger partial charge >= 0.3 is 6.09 Å². The SMILES string of the molecule is C=O.C=O.CCN(CCCCN(C)C(=O)C(NC(=O)OC(C)(C)C)C1CCCCC1)C(=O)c1cc2cc(O)c(O)c(C)c2cc1C=O. The summed E-state index contributed by atoms with van der Waals surface area (Å²) < 4.78 is 5.44. The van der Waals surface area contributed by atoms with Crippen LogP contribution in [0.25, 0.3) is 10.8 Å². The van der Waals surface area contributed by atoms with Gasteiger partial charge in [0.1, 0.15) is 25.2 Å². The Kier molecular flexibility index (Phi) is 16.6. The number of benzene rings is 2. The molecule has 47 heavy (non-hydrogen) atoms. The molecule has 1 aliphatic carbocycles. The van der Waals surface area contributed by atoms with E-state index in [1.165, 1.54) is 6.07 Å². The Morgan fingerprint density at radius 2 is 1.62 bits per heavy atom. The summed E-state index contributed by atoms with van der Waals surface area (Å²) in [5.41, 5.74) is 0.197. The minimum Gasteiger partial charge on any atom is -0.504 e. The van der Waals surface area contributed by atoms with Crippen LogP contribution in [0.15, 0.2) is 18.2 Å². The van der Waals surface area contributed by atoms with Crippen molar-refractivity contribution in [1.82, 2.24) is 15.1 Å². The number of likely N-dealkylation sites (N-methyl/N-ethyl adjacent to an activating group) is 1. The highest BCUT2D eigenvalue weighted by atomic mass is 16.6. The van der Waals surface area contributed by atoms with Crippen molar-refractivity contribution in [2.75, 3.05) is 26.7 Å². The number of amides is 3. The summed E-state index contributed by atoms with van der Waals surface area (Å²) in [5.74, 6) is -0.932. The van der Waals surface area contributed by atoms with E-state index in [0.717, 1.165) is 32.1 Å². The van der Waals surface area contributed by atoms with Gasteiger partial charge in [0.05, 0.1) is 5.56 Å². The summed E-state index contributed by atoms with van der Waals surface area (Å²) in [7, 11) is 1.73. The molecule has 3 rings (SSSR count). The fourth-order valence-corrected chi connectivity index (χ4v) is 5.75. The second kappa shape index (κ2) is 19.2. The lowest BCUT2D eigenvalue weighted by Crippen LogP contribution is -2.52. The molecule has 1 unspecified atom stereocenters. The Bertz CT molecular complexity index is 1360. The van der Waals surface area contributed by atoms with Crippen LogP contribution in [-0.2, 0) is 19.1 Å². The van der Waals surface area contributed by atoms with Gasteiger partial charge in [-0.15, -0.1) is 0 Å². The molecule has 0 aliphatic heterocycles. The molecule has 0 bridgehead atoms. The van der Waals surface area contributed by atoms with E-state index >= 15 is 0 Å². The van der Waals surface area contributed by atoms with Crippen LogP contribution in [0.2, 0.25) is 0 Å². The van der Waals surface area contributed by atoms with Crippen molar-refractivity contribution in [1.29, 1.82) is 0 Å². The second-order valence-electron chi connectivity index (χ2n) is 12.5. The predicted octanol–water partition coefficient (Wildman–Crippen LogP) is 5.18. The van der Waals surface area contributed by atoms with Crippen molar-refractivity contribution in [3.05, 3.63) is 34.9 Å². The standard InChI is InChI=1S/C33H47N3O7.2CH2O/c1-7-36(30(40)26-17-23-19-27(38)29(39)21(2)25(23)18-24(26)20-37)16-12-11-15-35(6)31(41)28(22-13-9-8-10-14-22)34-32(42)43-33(3,4)5;2*1-2/h17-20,22,28,38-39H,7-16H2,1-6H3,(H,34,42);2*1H2. The molecule has 260 valence electrons. The molecule has 1 atom stereocenters. The number of carbonyl (C=O) groups is 6. The molecule has 0 saturated heterocycles. The fraction of sp³-hybridized carbons (Fsp3) is 0.543. The first-order valence-electron chi connectivity index (χ1n) is 15.8. The Hall–Kier alpha value is -4.48. The van der Waals surface area contributed by atoms with Gasteiger partial charge in [0.25, 0.3) is 5.91 Å². The molecule has 2 aromatic rings. The first kappa shape index (κ1) is 40.5. The molecular weight excluding hydrogens is 606 g/mol. The highest BCUT2D eigenvalue weighted by molar-refractivity contribution is 6.06. The number of aromatic hydroxyl groups is 2. The zero-order valence-corrected chi connectivity index (χ0v) is 28.6. The van der Waals surface area contributed by atoms with Crippen LogP contribution in [0.3, 0.4) is 0 Å². The molecule has 3 amide bonds. The minimum absolute atomic E-state index is 0.0630. The molecule has 1 saturated carbocycles. The third-order valence-corrected chi connectivity index (χ3v) is 8.15. The Balaban J connectivity index is 0.00000265. The number of unbranched alkanes of at least 4 members (excludes halogenated alkanes) is 1. The van der Waals surface area contributed by atoms with Crippen LogP contribution in [0.1, 0.15) is 98.9 Å². The number of carbonyl (C=O) groups excluding carboxylic acids is 6. The summed E-state index contributed by atoms with van der Waals surface area (Å²) in [6.45, 7) is 14.2. The van der Waals surface area contributed by atoms with Crippen molar-refractivity contribution in [3.63, 3.8) is 0 Å². The number of hydrogen-bond donors (Lipinski definition) is 3. The number of alkyl carbamates (subject to hydrolysis) is 1. The molecular formula is C35H51N3O9. The normalized spacial score (nSPS) is 13.6. The molecule has 12 nitrogen and oxygen atoms in total. The summed E-state index contributed by atoms with van der Waals surface area (Å²) >= 11 is 0. The molecule has 12 heteroatoms. The fourth-order valence-electron chi connectivity index (χ4n) is 5.75. The van der Waals surface area contributed by atoms with Crippen LogP contribution in [0.4, 0.5) is 4.79 Å². The van der Waals surface area contributed by atoms with Gasteiger partial charge in [-0.2, -0.15) is 0 Å². The van der Waals surface area contributed by atoms with E-state index in [9.17, 15) is 29.4 Å². The predicted molar refractivity (Wildman–Crippen MR) is 180 cm³/mol. The number of aryl methyl sites for hydroxylation is 1. The first-order valence-corrected chi connectivity index (χ1v) is 15.8. The van der Waals surface area contributed by atoms with E-state index in [1.54, 1.807) is 56.7 Å². The molecule has 0 spiro atoms. The van der Waals surface area contributed by atoms with E-state index < -0.39 is 17.7 Å². The summed E-state index contributed by atoms with van der Waals surface area (Å²) in [6, 6.07) is 3.87. The lowest BCUT2D eigenvalue weighted by Gasteiger charge is -2.33. The van der Waals surface area contributed by atoms with Crippen molar-refractivity contribution in [2.45, 2.75) is 91.2 Å². The number of nitrogens with zero attached hydrogens (tertiary/aromatic N) is 2. The van der Waals surface area contributed by atoms with Crippen molar-refractivity contribution >= 4 is 48.5 Å². The topological polar surface area (TPSA) is 171 Å². The van der Waals surface area contributed by atoms with Crippen LogP contribution >= 0.6 is 0 Å². The lowest BCUT2D eigenvalue weighted by atomic mass is 9.83. The monoisotopic (exact) mass is 657 g/mol. The largest absolute Gasteiger partial charge is 0.504 e. The molecule has 1 aliphatic rings. The molecule has 0 radical (unpaired) electrons. The van der Waals surface area contributed by atoms with Gasteiger partial charge in [-0.25, -0.2) is 4.79 Å². The van der Waals surface area contributed by atoms with Crippen LogP contribution in [0.5, 0.6) is 11.5 Å². The van der Waals surface area contributed by atoms with Crippen molar-refractivity contribution < 1.29 is 43.7 Å². The Morgan fingerprint density at radius 3 is 2.17 bits per heavy atom. The summed E-state index contributed by atoms with van der Waals surface area (Å²) in [5, 5.41) is 24.1. The number of fused-ring (bicyclic) bond motifs is 1. The molecule has 1 fully saturated rings. The average Bonchev–Trinajstić information content (AvgIpc) is 3.06. The number of phenols is 2. The zero-order chi connectivity index (χ0) is 35.9. The second-order valence-corrected chi connectivity index (χ2v) is 12.5. The van der Waals surface area contributed by atoms with E-state index in [0.29, 0.717) is 55.1 Å². The molecule has 2 aromatic carbocycles. The minimum atomic E-state index is -0.665. The van der Waals surface area contributed by atoms with Crippen LogP contribution in [-0.4, -0.2) is 96.1 Å². The maximum absolute atomic E-state index is 13.5. The highest BCUT2D eigenvalue weighted by Crippen LogP contribution is 2.36. The van der Waals surface area contributed by atoms with E-state index in [-0.39, 0.29) is 40.4 Å². The van der Waals surface area contributed by atoms with Gasteiger partial charge in [-0.05, 0) is 95.2 Å². The van der Waals surface area contributed by atoms with Gasteiger partial charge in [-0.3, -0.25) is 14.4 Å². The number of hydrogen-bond acceptors (Lipinski definition) is 9. The zero-order valence-electron chi connectivity index (χ0n) is 28.6. The molecule has 0 aromatic heterocycles. The smallest absolute Gasteiger partial charge is 0.408 e. The Morgan fingerprint density at radius 1 is 1.02 bits per heavy atom. The highest BCUT2D eigenvalue weighted by Gasteiger charge is 2.34. The van der Waals surface area contributed by atoms with Gasteiger partial charge in [0, 0.05) is 37.8 Å². The van der Waals surface area contributed by atoms with E-state index in [1.807, 2.05) is 20.5 Å². The van der Waals surface area contributed by atoms with E-state index in [4.69, 9.17) is 14.3 Å². The molecule has 3 N–H and O–H groups in total. The average molecular weight is 658 g/mol. The van der Waals surface area contributed by atoms with Crippen molar-refractivity contribution in [3.8, 4) is 11.5 Å². The summed E-state index contributed by atoms with van der Waals surface area (Å²) in [6.07, 6.45) is 6.25.